The Kier molecular flexibility index (Phi) is 3.63. The van der Waals surface area contributed by atoms with Gasteiger partial charge in [-0.3, -0.25) is 9.78 Å². The Morgan fingerprint density at radius 3 is 2.50 bits per heavy atom. The fraction of sp³-hybridized carbons (Fsp3) is 0. The average molecular weight is 333 g/mol. The van der Waals surface area contributed by atoms with Gasteiger partial charge in [-0.05, 0) is 35.7 Å². The molecule has 0 bridgehead atoms. The number of carbonyl (C=O) groups is 1. The molecule has 0 saturated carbocycles. The van der Waals surface area contributed by atoms with E-state index in [1.165, 1.54) is 0 Å². The van der Waals surface area contributed by atoms with E-state index in [1.807, 2.05) is 36.4 Å². The number of pyridine rings is 1. The van der Waals surface area contributed by atoms with Crippen LogP contribution in [0.1, 0.15) is 10.4 Å². The number of anilines is 1. The SMILES string of the molecule is O=C(Nc1ccnc2c1ccc1ccccc12)c1ccc(Cl)cc1. The lowest BCUT2D eigenvalue weighted by atomic mass is 10.1. The summed E-state index contributed by atoms with van der Waals surface area (Å²) in [6.07, 6.45) is 1.71. The summed E-state index contributed by atoms with van der Waals surface area (Å²) in [5.41, 5.74) is 2.18. The molecular weight excluding hydrogens is 320 g/mol. The first-order valence-electron chi connectivity index (χ1n) is 7.56. The number of benzene rings is 3. The number of nitrogens with zero attached hydrogens (tertiary/aromatic N) is 1. The largest absolute Gasteiger partial charge is 0.321 e. The second kappa shape index (κ2) is 5.95. The van der Waals surface area contributed by atoms with Crippen LogP contribution in [-0.2, 0) is 0 Å². The average Bonchev–Trinajstić information content (AvgIpc) is 2.62. The van der Waals surface area contributed by atoms with E-state index >= 15 is 0 Å². The van der Waals surface area contributed by atoms with E-state index < -0.39 is 0 Å². The molecule has 1 N–H and O–H groups in total. The fourth-order valence-corrected chi connectivity index (χ4v) is 2.92. The number of nitrogens with one attached hydrogen (secondary N) is 1. The summed E-state index contributed by atoms with van der Waals surface area (Å²) in [7, 11) is 0. The molecule has 116 valence electrons. The zero-order valence-electron chi connectivity index (χ0n) is 12.7. The van der Waals surface area contributed by atoms with Crippen LogP contribution in [0.15, 0.2) is 72.9 Å². The Morgan fingerprint density at radius 1 is 0.875 bits per heavy atom. The van der Waals surface area contributed by atoms with E-state index in [2.05, 4.69) is 16.4 Å². The molecule has 0 fully saturated rings. The summed E-state index contributed by atoms with van der Waals surface area (Å²) >= 11 is 5.87. The van der Waals surface area contributed by atoms with Crippen LogP contribution in [0.4, 0.5) is 5.69 Å². The summed E-state index contributed by atoms with van der Waals surface area (Å²) < 4.78 is 0. The standard InChI is InChI=1S/C20H13ClN2O/c21-15-8-5-14(6-9-15)20(24)23-18-11-12-22-19-16-4-2-1-3-13(16)7-10-17(18)19/h1-12H,(H,22,23,24). The Labute approximate surface area is 143 Å². The van der Waals surface area contributed by atoms with Crippen molar-refractivity contribution in [3.63, 3.8) is 0 Å². The summed E-state index contributed by atoms with van der Waals surface area (Å²) in [6.45, 7) is 0. The second-order valence-electron chi connectivity index (χ2n) is 5.50. The predicted octanol–water partition coefficient (Wildman–Crippen LogP) is 5.29. The molecule has 0 unspecified atom stereocenters. The molecule has 0 saturated heterocycles. The van der Waals surface area contributed by atoms with E-state index in [4.69, 9.17) is 11.6 Å². The van der Waals surface area contributed by atoms with Crippen LogP contribution in [0.5, 0.6) is 0 Å². The number of amides is 1. The smallest absolute Gasteiger partial charge is 0.255 e. The van der Waals surface area contributed by atoms with Crippen LogP contribution in [0.2, 0.25) is 5.02 Å². The number of fused-ring (bicyclic) bond motifs is 3. The van der Waals surface area contributed by atoms with Gasteiger partial charge in [0.1, 0.15) is 0 Å². The molecule has 0 aliphatic rings. The van der Waals surface area contributed by atoms with Crippen molar-refractivity contribution in [3.05, 3.63) is 83.5 Å². The molecule has 3 nitrogen and oxygen atoms in total. The molecule has 4 rings (SSSR count). The monoisotopic (exact) mass is 332 g/mol. The van der Waals surface area contributed by atoms with Gasteiger partial charge in [0.2, 0.25) is 0 Å². The van der Waals surface area contributed by atoms with Gasteiger partial charge in [0.05, 0.1) is 11.2 Å². The van der Waals surface area contributed by atoms with Gasteiger partial charge in [0.15, 0.2) is 0 Å². The number of carbonyl (C=O) groups excluding carboxylic acids is 1. The molecule has 0 spiro atoms. The zero-order chi connectivity index (χ0) is 16.5. The van der Waals surface area contributed by atoms with Crippen molar-refractivity contribution in [2.45, 2.75) is 0 Å². The van der Waals surface area contributed by atoms with Crippen LogP contribution >= 0.6 is 11.6 Å². The van der Waals surface area contributed by atoms with Gasteiger partial charge in [-0.2, -0.15) is 0 Å². The highest BCUT2D eigenvalue weighted by atomic mass is 35.5. The topological polar surface area (TPSA) is 42.0 Å². The van der Waals surface area contributed by atoms with Crippen LogP contribution in [0.25, 0.3) is 21.7 Å². The van der Waals surface area contributed by atoms with Crippen LogP contribution < -0.4 is 5.32 Å². The summed E-state index contributed by atoms with van der Waals surface area (Å²) in [5, 5.41) is 6.67. The third-order valence-electron chi connectivity index (χ3n) is 3.99. The molecule has 0 radical (unpaired) electrons. The molecule has 1 aromatic heterocycles. The molecule has 0 aliphatic heterocycles. The van der Waals surface area contributed by atoms with E-state index in [0.717, 1.165) is 27.4 Å². The zero-order valence-corrected chi connectivity index (χ0v) is 13.4. The number of halogens is 1. The lowest BCUT2D eigenvalue weighted by Crippen LogP contribution is -2.12. The maximum atomic E-state index is 12.5. The van der Waals surface area contributed by atoms with Gasteiger partial charge in [-0.1, -0.05) is 48.0 Å². The molecule has 4 aromatic rings. The van der Waals surface area contributed by atoms with Crippen molar-refractivity contribution in [3.8, 4) is 0 Å². The first kappa shape index (κ1) is 14.7. The quantitative estimate of drug-likeness (QED) is 0.506. The molecule has 4 heteroatoms. The van der Waals surface area contributed by atoms with Crippen molar-refractivity contribution in [2.75, 3.05) is 5.32 Å². The van der Waals surface area contributed by atoms with Gasteiger partial charge in [0.25, 0.3) is 5.91 Å². The second-order valence-corrected chi connectivity index (χ2v) is 5.94. The summed E-state index contributed by atoms with van der Waals surface area (Å²) in [4.78, 5) is 17.0. The summed E-state index contributed by atoms with van der Waals surface area (Å²) in [6, 6.07) is 20.7. The molecule has 1 heterocycles. The third kappa shape index (κ3) is 2.59. The summed E-state index contributed by atoms with van der Waals surface area (Å²) in [5.74, 6) is -0.174. The number of rotatable bonds is 2. The lowest BCUT2D eigenvalue weighted by Gasteiger charge is -2.10. The van der Waals surface area contributed by atoms with Crippen molar-refractivity contribution in [1.82, 2.24) is 4.98 Å². The van der Waals surface area contributed by atoms with Crippen LogP contribution in [-0.4, -0.2) is 10.9 Å². The Bertz CT molecular complexity index is 1060. The Hall–Kier alpha value is -2.91. The number of hydrogen-bond acceptors (Lipinski definition) is 2. The first-order valence-corrected chi connectivity index (χ1v) is 7.93. The maximum absolute atomic E-state index is 12.5. The molecule has 1 amide bonds. The highest BCUT2D eigenvalue weighted by Gasteiger charge is 2.10. The van der Waals surface area contributed by atoms with Gasteiger partial charge >= 0.3 is 0 Å². The van der Waals surface area contributed by atoms with Gasteiger partial charge in [-0.15, -0.1) is 0 Å². The highest BCUT2D eigenvalue weighted by molar-refractivity contribution is 6.30. The van der Waals surface area contributed by atoms with E-state index in [0.29, 0.717) is 10.6 Å². The van der Waals surface area contributed by atoms with Crippen molar-refractivity contribution < 1.29 is 4.79 Å². The van der Waals surface area contributed by atoms with Gasteiger partial charge in [0, 0.05) is 27.6 Å². The maximum Gasteiger partial charge on any atom is 0.255 e. The minimum atomic E-state index is -0.174. The van der Waals surface area contributed by atoms with Crippen molar-refractivity contribution in [2.24, 2.45) is 0 Å². The number of hydrogen-bond donors (Lipinski definition) is 1. The van der Waals surface area contributed by atoms with E-state index in [-0.39, 0.29) is 5.91 Å². The van der Waals surface area contributed by atoms with Crippen molar-refractivity contribution >= 4 is 44.9 Å². The molecular formula is C20H13ClN2O. The van der Waals surface area contributed by atoms with Crippen molar-refractivity contribution in [1.29, 1.82) is 0 Å². The predicted molar refractivity (Wildman–Crippen MR) is 98.7 cm³/mol. The first-order chi connectivity index (χ1) is 11.7. The Balaban J connectivity index is 1.78. The van der Waals surface area contributed by atoms with Gasteiger partial charge in [-0.25, -0.2) is 0 Å². The minimum absolute atomic E-state index is 0.174. The molecule has 3 aromatic carbocycles. The van der Waals surface area contributed by atoms with Crippen LogP contribution in [0, 0.1) is 0 Å². The molecule has 0 aliphatic carbocycles. The normalized spacial score (nSPS) is 10.9. The lowest BCUT2D eigenvalue weighted by molar-refractivity contribution is 0.102. The Morgan fingerprint density at radius 2 is 1.67 bits per heavy atom. The van der Waals surface area contributed by atoms with E-state index in [1.54, 1.807) is 30.5 Å². The fourth-order valence-electron chi connectivity index (χ4n) is 2.79. The number of aromatic nitrogens is 1. The molecule has 0 atom stereocenters. The van der Waals surface area contributed by atoms with Gasteiger partial charge < -0.3 is 5.32 Å². The highest BCUT2D eigenvalue weighted by Crippen LogP contribution is 2.28. The third-order valence-corrected chi connectivity index (χ3v) is 4.24. The molecule has 24 heavy (non-hydrogen) atoms. The van der Waals surface area contributed by atoms with E-state index in [9.17, 15) is 4.79 Å². The minimum Gasteiger partial charge on any atom is -0.321 e. The van der Waals surface area contributed by atoms with Crippen LogP contribution in [0.3, 0.4) is 0 Å².